The molecule has 0 saturated carbocycles. The van der Waals surface area contributed by atoms with Crippen LogP contribution in [-0.2, 0) is 4.79 Å². The van der Waals surface area contributed by atoms with Gasteiger partial charge in [-0.25, -0.2) is 0 Å². The molecule has 4 nitrogen and oxygen atoms in total. The van der Waals surface area contributed by atoms with Gasteiger partial charge in [-0.1, -0.05) is 13.0 Å². The number of benzene rings is 1. The van der Waals surface area contributed by atoms with Crippen molar-refractivity contribution >= 4 is 17.3 Å². The number of rotatable bonds is 4. The van der Waals surface area contributed by atoms with Gasteiger partial charge in [0.25, 0.3) is 0 Å². The fourth-order valence-electron chi connectivity index (χ4n) is 2.19. The Kier molecular flexibility index (Phi) is 4.10. The highest BCUT2D eigenvalue weighted by Crippen LogP contribution is 2.23. The second kappa shape index (κ2) is 5.61. The first-order chi connectivity index (χ1) is 9.03. The SMILES string of the molecule is CCC(C)(N)C(=O)Nc1cccc(N2CCCC2)c1. The predicted octanol–water partition coefficient (Wildman–Crippen LogP) is 2.35. The standard InChI is InChI=1S/C15H23N3O/c1-3-15(2,16)14(19)17-12-7-6-8-13(11-12)18-9-4-5-10-18/h6-8,11H,3-5,9-10,16H2,1-2H3,(H,17,19). The molecule has 1 aromatic rings. The maximum absolute atomic E-state index is 12.0. The molecule has 0 spiro atoms. The zero-order chi connectivity index (χ0) is 13.9. The smallest absolute Gasteiger partial charge is 0.244 e. The van der Waals surface area contributed by atoms with Crippen molar-refractivity contribution in [1.82, 2.24) is 0 Å². The molecule has 1 aliphatic heterocycles. The molecule has 4 heteroatoms. The van der Waals surface area contributed by atoms with Crippen molar-refractivity contribution in [2.75, 3.05) is 23.3 Å². The minimum absolute atomic E-state index is 0.131. The van der Waals surface area contributed by atoms with E-state index < -0.39 is 5.54 Å². The van der Waals surface area contributed by atoms with Crippen LogP contribution in [0.3, 0.4) is 0 Å². The van der Waals surface area contributed by atoms with Gasteiger partial charge in [-0.15, -0.1) is 0 Å². The summed E-state index contributed by atoms with van der Waals surface area (Å²) in [6.45, 7) is 5.87. The maximum atomic E-state index is 12.0. The van der Waals surface area contributed by atoms with Crippen LogP contribution in [0.2, 0.25) is 0 Å². The Balaban J connectivity index is 2.09. The third kappa shape index (κ3) is 3.26. The van der Waals surface area contributed by atoms with E-state index in [4.69, 9.17) is 5.73 Å². The van der Waals surface area contributed by atoms with Crippen molar-refractivity contribution in [3.63, 3.8) is 0 Å². The summed E-state index contributed by atoms with van der Waals surface area (Å²) < 4.78 is 0. The monoisotopic (exact) mass is 261 g/mol. The highest BCUT2D eigenvalue weighted by molar-refractivity contribution is 5.97. The molecule has 0 aliphatic carbocycles. The third-order valence-electron chi connectivity index (χ3n) is 3.83. The molecule has 0 aromatic heterocycles. The van der Waals surface area contributed by atoms with Crippen LogP contribution in [-0.4, -0.2) is 24.5 Å². The molecule has 19 heavy (non-hydrogen) atoms. The summed E-state index contributed by atoms with van der Waals surface area (Å²) in [4.78, 5) is 14.4. The van der Waals surface area contributed by atoms with E-state index in [1.807, 2.05) is 25.1 Å². The molecule has 0 radical (unpaired) electrons. The lowest BCUT2D eigenvalue weighted by Crippen LogP contribution is -2.47. The molecular formula is C15H23N3O. The summed E-state index contributed by atoms with van der Waals surface area (Å²) in [6, 6.07) is 7.99. The molecule has 1 aliphatic rings. The number of hydrogen-bond acceptors (Lipinski definition) is 3. The molecule has 1 heterocycles. The van der Waals surface area contributed by atoms with Gasteiger partial charge in [0.15, 0.2) is 0 Å². The molecule has 3 N–H and O–H groups in total. The lowest BCUT2D eigenvalue weighted by Gasteiger charge is -2.23. The van der Waals surface area contributed by atoms with Gasteiger partial charge in [0.1, 0.15) is 0 Å². The molecule has 0 bridgehead atoms. The van der Waals surface area contributed by atoms with Crippen LogP contribution in [0.5, 0.6) is 0 Å². The molecule has 1 saturated heterocycles. The van der Waals surface area contributed by atoms with Crippen molar-refractivity contribution in [3.05, 3.63) is 24.3 Å². The fraction of sp³-hybridized carbons (Fsp3) is 0.533. The lowest BCUT2D eigenvalue weighted by molar-refractivity contribution is -0.120. The van der Waals surface area contributed by atoms with Crippen LogP contribution < -0.4 is 16.0 Å². The summed E-state index contributed by atoms with van der Waals surface area (Å²) in [7, 11) is 0. The molecule has 1 aromatic carbocycles. The summed E-state index contributed by atoms with van der Waals surface area (Å²) >= 11 is 0. The van der Waals surface area contributed by atoms with Gasteiger partial charge in [0.2, 0.25) is 5.91 Å². The number of nitrogens with one attached hydrogen (secondary N) is 1. The van der Waals surface area contributed by atoms with E-state index in [-0.39, 0.29) is 5.91 Å². The van der Waals surface area contributed by atoms with E-state index in [2.05, 4.69) is 16.3 Å². The van der Waals surface area contributed by atoms with Crippen molar-refractivity contribution < 1.29 is 4.79 Å². The molecule has 1 amide bonds. The Labute approximate surface area is 115 Å². The Bertz CT molecular complexity index is 450. The lowest BCUT2D eigenvalue weighted by atomic mass is 9.99. The van der Waals surface area contributed by atoms with Gasteiger partial charge in [0, 0.05) is 24.5 Å². The Morgan fingerprint density at radius 2 is 2.11 bits per heavy atom. The molecule has 1 atom stereocenters. The van der Waals surface area contributed by atoms with Crippen molar-refractivity contribution in [2.45, 2.75) is 38.6 Å². The summed E-state index contributed by atoms with van der Waals surface area (Å²) in [5.41, 5.74) is 7.12. The van der Waals surface area contributed by atoms with Crippen molar-refractivity contribution in [1.29, 1.82) is 0 Å². The second-order valence-electron chi connectivity index (χ2n) is 5.47. The van der Waals surface area contributed by atoms with Crippen LogP contribution in [0.4, 0.5) is 11.4 Å². The second-order valence-corrected chi connectivity index (χ2v) is 5.47. The topological polar surface area (TPSA) is 58.4 Å². The van der Waals surface area contributed by atoms with E-state index in [1.54, 1.807) is 6.92 Å². The number of carbonyl (C=O) groups is 1. The van der Waals surface area contributed by atoms with E-state index >= 15 is 0 Å². The quantitative estimate of drug-likeness (QED) is 0.874. The zero-order valence-electron chi connectivity index (χ0n) is 11.8. The summed E-state index contributed by atoms with van der Waals surface area (Å²) in [5.74, 6) is -0.131. The van der Waals surface area contributed by atoms with Crippen molar-refractivity contribution in [3.8, 4) is 0 Å². The maximum Gasteiger partial charge on any atom is 0.244 e. The Morgan fingerprint density at radius 1 is 1.42 bits per heavy atom. The number of nitrogens with two attached hydrogens (primary N) is 1. The van der Waals surface area contributed by atoms with Gasteiger partial charge in [0.05, 0.1) is 5.54 Å². The highest BCUT2D eigenvalue weighted by atomic mass is 16.2. The first-order valence-electron chi connectivity index (χ1n) is 6.98. The molecule has 104 valence electrons. The third-order valence-corrected chi connectivity index (χ3v) is 3.83. The van der Waals surface area contributed by atoms with Crippen LogP contribution in [0.25, 0.3) is 0 Å². The van der Waals surface area contributed by atoms with Gasteiger partial charge < -0.3 is 16.0 Å². The van der Waals surface area contributed by atoms with Crippen LogP contribution in [0, 0.1) is 0 Å². The largest absolute Gasteiger partial charge is 0.371 e. The molecule has 1 fully saturated rings. The van der Waals surface area contributed by atoms with E-state index in [0.29, 0.717) is 6.42 Å². The van der Waals surface area contributed by atoms with Gasteiger partial charge in [-0.3, -0.25) is 4.79 Å². The Morgan fingerprint density at radius 3 is 2.74 bits per heavy atom. The summed E-state index contributed by atoms with van der Waals surface area (Å²) in [6.07, 6.45) is 3.10. The van der Waals surface area contributed by atoms with Crippen LogP contribution in [0.1, 0.15) is 33.1 Å². The first-order valence-corrected chi connectivity index (χ1v) is 6.98. The predicted molar refractivity (Wildman–Crippen MR) is 79.4 cm³/mol. The molecule has 1 unspecified atom stereocenters. The molecule has 2 rings (SSSR count). The average Bonchev–Trinajstić information content (AvgIpc) is 2.93. The van der Waals surface area contributed by atoms with Crippen LogP contribution >= 0.6 is 0 Å². The number of carbonyl (C=O) groups excluding carboxylic acids is 1. The van der Waals surface area contributed by atoms with Crippen LogP contribution in [0.15, 0.2) is 24.3 Å². The summed E-state index contributed by atoms with van der Waals surface area (Å²) in [5, 5.41) is 2.91. The average molecular weight is 261 g/mol. The minimum atomic E-state index is -0.816. The number of amides is 1. The van der Waals surface area contributed by atoms with Gasteiger partial charge in [-0.2, -0.15) is 0 Å². The van der Waals surface area contributed by atoms with E-state index in [1.165, 1.54) is 18.5 Å². The normalized spacial score (nSPS) is 18.2. The van der Waals surface area contributed by atoms with Crippen molar-refractivity contribution in [2.24, 2.45) is 5.73 Å². The highest BCUT2D eigenvalue weighted by Gasteiger charge is 2.26. The van der Waals surface area contributed by atoms with Gasteiger partial charge in [-0.05, 0) is 44.4 Å². The first kappa shape index (κ1) is 13.9. The van der Waals surface area contributed by atoms with E-state index in [0.717, 1.165) is 18.8 Å². The minimum Gasteiger partial charge on any atom is -0.371 e. The number of nitrogens with zero attached hydrogens (tertiary/aromatic N) is 1. The number of hydrogen-bond donors (Lipinski definition) is 2. The zero-order valence-corrected chi connectivity index (χ0v) is 11.8. The molecular weight excluding hydrogens is 238 g/mol. The van der Waals surface area contributed by atoms with Gasteiger partial charge >= 0.3 is 0 Å². The van der Waals surface area contributed by atoms with E-state index in [9.17, 15) is 4.79 Å². The Hall–Kier alpha value is -1.55. The number of anilines is 2. The fourth-order valence-corrected chi connectivity index (χ4v) is 2.19.